The van der Waals surface area contributed by atoms with Gasteiger partial charge in [0.2, 0.25) is 0 Å². The van der Waals surface area contributed by atoms with Crippen molar-refractivity contribution in [3.8, 4) is 6.07 Å². The van der Waals surface area contributed by atoms with Crippen molar-refractivity contribution in [3.63, 3.8) is 0 Å². The lowest BCUT2D eigenvalue weighted by Crippen LogP contribution is -2.45. The van der Waals surface area contributed by atoms with Crippen LogP contribution in [0.1, 0.15) is 36.0 Å². The van der Waals surface area contributed by atoms with Gasteiger partial charge in [0.1, 0.15) is 11.4 Å². The minimum atomic E-state index is -0.798. The third-order valence-corrected chi connectivity index (χ3v) is 3.51. The van der Waals surface area contributed by atoms with Crippen LogP contribution >= 0.6 is 11.6 Å². The highest BCUT2D eigenvalue weighted by atomic mass is 35.5. The number of benzene rings is 1. The highest BCUT2D eigenvalue weighted by Crippen LogP contribution is 2.29. The summed E-state index contributed by atoms with van der Waals surface area (Å²) in [4.78, 5) is 12.0. The molecule has 1 N–H and O–H groups in total. The topological polar surface area (TPSA) is 52.9 Å². The lowest BCUT2D eigenvalue weighted by molar-refractivity contribution is 0.0920. The number of nitrogens with zero attached hydrogens (tertiary/aromatic N) is 1. The maximum atomic E-state index is 13.3. The lowest BCUT2D eigenvalue weighted by Gasteiger charge is -2.21. The summed E-state index contributed by atoms with van der Waals surface area (Å²) in [5.41, 5.74) is -0.619. The first-order chi connectivity index (χ1) is 8.56. The van der Waals surface area contributed by atoms with E-state index in [1.807, 2.05) is 0 Å². The van der Waals surface area contributed by atoms with Crippen molar-refractivity contribution in [2.75, 3.05) is 0 Å². The Morgan fingerprint density at radius 2 is 2.11 bits per heavy atom. The number of carbonyl (C=O) groups is 1. The molecule has 0 unspecified atom stereocenters. The summed E-state index contributed by atoms with van der Waals surface area (Å²) in [5.74, 6) is -1.07. The molecule has 5 heteroatoms. The molecule has 0 spiro atoms. The van der Waals surface area contributed by atoms with E-state index in [4.69, 9.17) is 16.9 Å². The molecule has 0 atom stereocenters. The molecule has 0 bridgehead atoms. The Morgan fingerprint density at radius 1 is 1.44 bits per heavy atom. The first-order valence-electron chi connectivity index (χ1n) is 5.75. The zero-order valence-electron chi connectivity index (χ0n) is 9.67. The normalized spacial score (nSPS) is 17.2. The molecule has 1 aliphatic rings. The summed E-state index contributed by atoms with van der Waals surface area (Å²) in [6, 6.07) is 6.01. The number of hydrogen-bond donors (Lipinski definition) is 1. The molecule has 1 aromatic rings. The van der Waals surface area contributed by atoms with Gasteiger partial charge in [-0.25, -0.2) is 4.39 Å². The van der Waals surface area contributed by atoms with Gasteiger partial charge in [0, 0.05) is 5.56 Å². The Kier molecular flexibility index (Phi) is 3.53. The van der Waals surface area contributed by atoms with Crippen LogP contribution in [0.5, 0.6) is 0 Å². The van der Waals surface area contributed by atoms with Crippen LogP contribution in [0.15, 0.2) is 18.2 Å². The van der Waals surface area contributed by atoms with Gasteiger partial charge in [0.15, 0.2) is 0 Å². The maximum absolute atomic E-state index is 13.3. The smallest absolute Gasteiger partial charge is 0.252 e. The molecule has 1 fully saturated rings. The first-order valence-corrected chi connectivity index (χ1v) is 6.13. The third kappa shape index (κ3) is 2.46. The summed E-state index contributed by atoms with van der Waals surface area (Å²) in [7, 11) is 0. The quantitative estimate of drug-likeness (QED) is 0.894. The molecule has 0 saturated heterocycles. The van der Waals surface area contributed by atoms with Crippen LogP contribution in [0.25, 0.3) is 0 Å². The number of amides is 1. The molecule has 3 nitrogen and oxygen atoms in total. The minimum Gasteiger partial charge on any atom is -0.334 e. The van der Waals surface area contributed by atoms with E-state index in [2.05, 4.69) is 11.4 Å². The number of rotatable bonds is 2. The van der Waals surface area contributed by atoms with Crippen molar-refractivity contribution in [2.24, 2.45) is 0 Å². The van der Waals surface area contributed by atoms with Gasteiger partial charge in [-0.05, 0) is 43.9 Å². The second-order valence-corrected chi connectivity index (χ2v) is 4.89. The summed E-state index contributed by atoms with van der Waals surface area (Å²) in [6.07, 6.45) is 3.13. The van der Waals surface area contributed by atoms with Gasteiger partial charge in [0.05, 0.1) is 11.1 Å². The number of carbonyl (C=O) groups excluding carboxylic acids is 1. The van der Waals surface area contributed by atoms with Crippen LogP contribution in [0.2, 0.25) is 5.02 Å². The number of nitriles is 1. The van der Waals surface area contributed by atoms with Crippen molar-refractivity contribution in [2.45, 2.75) is 31.2 Å². The van der Waals surface area contributed by atoms with E-state index >= 15 is 0 Å². The Hall–Kier alpha value is -1.60. The Balaban J connectivity index is 2.17. The van der Waals surface area contributed by atoms with Crippen LogP contribution in [-0.2, 0) is 0 Å². The van der Waals surface area contributed by atoms with Gasteiger partial charge in [-0.1, -0.05) is 11.6 Å². The van der Waals surface area contributed by atoms with Crippen molar-refractivity contribution in [1.29, 1.82) is 5.26 Å². The second kappa shape index (κ2) is 4.95. The van der Waals surface area contributed by atoms with Crippen molar-refractivity contribution in [3.05, 3.63) is 34.6 Å². The predicted octanol–water partition coefficient (Wildman–Crippen LogP) is 3.05. The van der Waals surface area contributed by atoms with Crippen molar-refractivity contribution < 1.29 is 9.18 Å². The third-order valence-electron chi connectivity index (χ3n) is 3.21. The molecule has 94 valence electrons. The van der Waals surface area contributed by atoms with E-state index < -0.39 is 17.3 Å². The molecule has 2 rings (SSSR count). The molecule has 0 radical (unpaired) electrons. The standard InChI is InChI=1S/C13H12ClFN2O/c14-10-4-3-9(7-11(10)15)12(18)17-13(8-16)5-1-2-6-13/h3-4,7H,1-2,5-6H2,(H,17,18). The number of nitrogens with one attached hydrogen (secondary N) is 1. The Labute approximate surface area is 110 Å². The van der Waals surface area contributed by atoms with E-state index in [0.717, 1.165) is 18.9 Å². The SMILES string of the molecule is N#CC1(NC(=O)c2ccc(Cl)c(F)c2)CCCC1. The van der Waals surface area contributed by atoms with Gasteiger partial charge in [-0.15, -0.1) is 0 Å². The molecule has 0 heterocycles. The summed E-state index contributed by atoms with van der Waals surface area (Å²) >= 11 is 5.55. The maximum Gasteiger partial charge on any atom is 0.252 e. The molecule has 1 saturated carbocycles. The molecule has 1 aromatic carbocycles. The fourth-order valence-corrected chi connectivity index (χ4v) is 2.29. The van der Waals surface area contributed by atoms with Crippen LogP contribution in [0.3, 0.4) is 0 Å². The molecular formula is C13H12ClFN2O. The van der Waals surface area contributed by atoms with E-state index in [9.17, 15) is 9.18 Å². The number of hydrogen-bond acceptors (Lipinski definition) is 2. The lowest BCUT2D eigenvalue weighted by atomic mass is 9.99. The van der Waals surface area contributed by atoms with E-state index in [-0.39, 0.29) is 10.6 Å². The van der Waals surface area contributed by atoms with Crippen molar-refractivity contribution in [1.82, 2.24) is 5.32 Å². The summed E-state index contributed by atoms with van der Waals surface area (Å²) < 4.78 is 13.3. The largest absolute Gasteiger partial charge is 0.334 e. The van der Waals surface area contributed by atoms with Crippen molar-refractivity contribution >= 4 is 17.5 Å². The van der Waals surface area contributed by atoms with E-state index in [1.165, 1.54) is 12.1 Å². The zero-order chi connectivity index (χ0) is 13.2. The van der Waals surface area contributed by atoms with Crippen LogP contribution in [0, 0.1) is 17.1 Å². The second-order valence-electron chi connectivity index (χ2n) is 4.48. The van der Waals surface area contributed by atoms with Gasteiger partial charge < -0.3 is 5.32 Å². The van der Waals surface area contributed by atoms with E-state index in [1.54, 1.807) is 0 Å². The van der Waals surface area contributed by atoms with Gasteiger partial charge in [-0.2, -0.15) is 5.26 Å². The monoisotopic (exact) mass is 266 g/mol. The summed E-state index contributed by atoms with van der Waals surface area (Å²) in [6.45, 7) is 0. The molecule has 0 aliphatic heterocycles. The highest BCUT2D eigenvalue weighted by molar-refractivity contribution is 6.30. The fraction of sp³-hybridized carbons (Fsp3) is 0.385. The van der Waals surface area contributed by atoms with Crippen LogP contribution in [0.4, 0.5) is 4.39 Å². The first kappa shape index (κ1) is 12.8. The van der Waals surface area contributed by atoms with Gasteiger partial charge >= 0.3 is 0 Å². The summed E-state index contributed by atoms with van der Waals surface area (Å²) in [5, 5.41) is 11.8. The predicted molar refractivity (Wildman–Crippen MR) is 65.7 cm³/mol. The average molecular weight is 267 g/mol. The molecular weight excluding hydrogens is 255 g/mol. The fourth-order valence-electron chi connectivity index (χ4n) is 2.17. The molecule has 18 heavy (non-hydrogen) atoms. The zero-order valence-corrected chi connectivity index (χ0v) is 10.4. The molecule has 1 aliphatic carbocycles. The van der Waals surface area contributed by atoms with E-state index in [0.29, 0.717) is 12.8 Å². The highest BCUT2D eigenvalue weighted by Gasteiger charge is 2.35. The molecule has 1 amide bonds. The Bertz CT molecular complexity index is 518. The van der Waals surface area contributed by atoms with Gasteiger partial charge in [0.25, 0.3) is 5.91 Å². The van der Waals surface area contributed by atoms with Gasteiger partial charge in [-0.3, -0.25) is 4.79 Å². The molecule has 0 aromatic heterocycles. The van der Waals surface area contributed by atoms with Crippen LogP contribution in [-0.4, -0.2) is 11.4 Å². The Morgan fingerprint density at radius 3 is 2.67 bits per heavy atom. The average Bonchev–Trinajstić information content (AvgIpc) is 2.82. The number of halogens is 2. The minimum absolute atomic E-state index is 0.0255. The van der Waals surface area contributed by atoms with Crippen LogP contribution < -0.4 is 5.32 Å².